The van der Waals surface area contributed by atoms with Gasteiger partial charge >= 0.3 is 0 Å². The Hall–Kier alpha value is -4.35. The first-order chi connectivity index (χ1) is 20.7. The van der Waals surface area contributed by atoms with Gasteiger partial charge in [0.25, 0.3) is 11.5 Å². The summed E-state index contributed by atoms with van der Waals surface area (Å²) in [4.78, 5) is 41.3. The SMILES string of the molecule is COc1c(C)ccc(OCC(O)CNc2cc[nH]c(=O)c2-c2nc3cc4c(cc3[nH]2)CN(C2CCN(C)CC2)C4=O)c1C. The van der Waals surface area contributed by atoms with Gasteiger partial charge in [0.2, 0.25) is 0 Å². The molecule has 1 saturated heterocycles. The fourth-order valence-electron chi connectivity index (χ4n) is 6.17. The zero-order valence-electron chi connectivity index (χ0n) is 25.0. The fraction of sp³-hybridized carbons (Fsp3) is 0.406. The molecule has 1 atom stereocenters. The quantitative estimate of drug-likeness (QED) is 0.234. The van der Waals surface area contributed by atoms with Crippen molar-refractivity contribution in [2.45, 2.75) is 45.4 Å². The lowest BCUT2D eigenvalue weighted by Gasteiger charge is -2.34. The minimum atomic E-state index is -0.851. The fourth-order valence-corrected chi connectivity index (χ4v) is 6.17. The Morgan fingerprint density at radius 1 is 1.16 bits per heavy atom. The molecule has 11 nitrogen and oxygen atoms in total. The summed E-state index contributed by atoms with van der Waals surface area (Å²) in [7, 11) is 3.74. The number of aliphatic hydroxyl groups is 1. The monoisotopic (exact) mass is 586 g/mol. The highest BCUT2D eigenvalue weighted by atomic mass is 16.5. The third-order valence-corrected chi connectivity index (χ3v) is 8.58. The molecule has 2 aromatic carbocycles. The number of hydrogen-bond donors (Lipinski definition) is 4. The van der Waals surface area contributed by atoms with Crippen molar-refractivity contribution in [1.82, 2.24) is 24.8 Å². The standard InChI is InChI=1S/C32H38N6O5/c1-18-5-6-27(19(2)29(18)42-4)43-17-22(39)15-34-24-7-10-33-31(40)28(24)30-35-25-13-20-16-38(21-8-11-37(3)12-9-21)32(41)23(20)14-26(25)36-30/h5-7,10,13-14,21-22,39H,8-9,11-12,15-17H2,1-4H3,(H,35,36)(H2,33,34,40). The van der Waals surface area contributed by atoms with Gasteiger partial charge in [-0.05, 0) is 82.2 Å². The van der Waals surface area contributed by atoms with E-state index in [-0.39, 0.29) is 30.7 Å². The molecule has 0 spiro atoms. The van der Waals surface area contributed by atoms with Gasteiger partial charge in [0.05, 0.1) is 23.8 Å². The number of aryl methyl sites for hydroxylation is 1. The number of carbonyl (C=O) groups excluding carboxylic acids is 1. The van der Waals surface area contributed by atoms with Crippen LogP contribution in [0, 0.1) is 13.8 Å². The number of piperidine rings is 1. The van der Waals surface area contributed by atoms with E-state index in [2.05, 4.69) is 27.2 Å². The molecule has 0 saturated carbocycles. The summed E-state index contributed by atoms with van der Waals surface area (Å²) < 4.78 is 11.3. The highest BCUT2D eigenvalue weighted by Gasteiger charge is 2.34. The molecule has 0 bridgehead atoms. The second kappa shape index (κ2) is 11.7. The van der Waals surface area contributed by atoms with Gasteiger partial charge < -0.3 is 39.7 Å². The zero-order chi connectivity index (χ0) is 30.2. The molecule has 11 heteroatoms. The molecule has 226 valence electrons. The maximum Gasteiger partial charge on any atom is 0.261 e. The molecular formula is C32H38N6O5. The summed E-state index contributed by atoms with van der Waals surface area (Å²) in [6.07, 6.45) is 2.65. The van der Waals surface area contributed by atoms with Crippen LogP contribution in [0.25, 0.3) is 22.4 Å². The van der Waals surface area contributed by atoms with Crippen LogP contribution in [0.3, 0.4) is 0 Å². The number of aromatic nitrogens is 3. The Morgan fingerprint density at radius 3 is 2.72 bits per heavy atom. The smallest absolute Gasteiger partial charge is 0.261 e. The number of ether oxygens (including phenoxy) is 2. The number of fused-ring (bicyclic) bond motifs is 2. The van der Waals surface area contributed by atoms with E-state index >= 15 is 0 Å². The molecule has 1 unspecified atom stereocenters. The lowest BCUT2D eigenvalue weighted by atomic mass is 10.0. The van der Waals surface area contributed by atoms with E-state index in [0.717, 1.165) is 53.9 Å². The summed E-state index contributed by atoms with van der Waals surface area (Å²) >= 11 is 0. The van der Waals surface area contributed by atoms with Crippen LogP contribution in [-0.4, -0.2) is 88.3 Å². The van der Waals surface area contributed by atoms with Crippen molar-refractivity contribution >= 4 is 22.6 Å². The number of methoxy groups -OCH3 is 1. The van der Waals surface area contributed by atoms with E-state index in [4.69, 9.17) is 14.5 Å². The predicted octanol–water partition coefficient (Wildman–Crippen LogP) is 3.45. The molecule has 6 rings (SSSR count). The van der Waals surface area contributed by atoms with Crippen molar-refractivity contribution in [3.63, 3.8) is 0 Å². The van der Waals surface area contributed by atoms with Crippen molar-refractivity contribution in [3.8, 4) is 22.9 Å². The van der Waals surface area contributed by atoms with E-state index in [1.165, 1.54) is 0 Å². The number of nitrogens with zero attached hydrogens (tertiary/aromatic N) is 3. The number of pyridine rings is 1. The molecule has 43 heavy (non-hydrogen) atoms. The van der Waals surface area contributed by atoms with Crippen molar-refractivity contribution in [2.75, 3.05) is 45.7 Å². The van der Waals surface area contributed by atoms with E-state index in [0.29, 0.717) is 40.4 Å². The number of amides is 1. The molecule has 2 aromatic heterocycles. The van der Waals surface area contributed by atoms with Crippen LogP contribution in [0.5, 0.6) is 11.5 Å². The highest BCUT2D eigenvalue weighted by molar-refractivity contribution is 6.02. The zero-order valence-corrected chi connectivity index (χ0v) is 25.0. The predicted molar refractivity (Wildman–Crippen MR) is 165 cm³/mol. The van der Waals surface area contributed by atoms with Crippen molar-refractivity contribution < 1.29 is 19.4 Å². The first-order valence-corrected chi connectivity index (χ1v) is 14.7. The molecule has 1 amide bonds. The Labute approximate surface area is 249 Å². The number of H-pyrrole nitrogens is 2. The van der Waals surface area contributed by atoms with Crippen molar-refractivity contribution in [2.24, 2.45) is 0 Å². The summed E-state index contributed by atoms with van der Waals surface area (Å²) in [6.45, 7) is 6.64. The van der Waals surface area contributed by atoms with Gasteiger partial charge in [0.15, 0.2) is 0 Å². The van der Waals surface area contributed by atoms with Crippen LogP contribution < -0.4 is 20.3 Å². The molecule has 4 heterocycles. The number of likely N-dealkylation sites (tertiary alicyclic amines) is 1. The third kappa shape index (κ3) is 5.57. The number of nitrogens with one attached hydrogen (secondary N) is 3. The van der Waals surface area contributed by atoms with E-state index in [1.807, 2.05) is 43.0 Å². The summed E-state index contributed by atoms with van der Waals surface area (Å²) in [5, 5.41) is 13.8. The second-order valence-electron chi connectivity index (χ2n) is 11.6. The third-order valence-electron chi connectivity index (χ3n) is 8.58. The average molecular weight is 587 g/mol. The number of anilines is 1. The van der Waals surface area contributed by atoms with E-state index in [9.17, 15) is 14.7 Å². The Bertz CT molecular complexity index is 1720. The Kier molecular flexibility index (Phi) is 7.85. The van der Waals surface area contributed by atoms with E-state index in [1.54, 1.807) is 19.4 Å². The summed E-state index contributed by atoms with van der Waals surface area (Å²) in [6, 6.07) is 9.56. The van der Waals surface area contributed by atoms with Gasteiger partial charge in [-0.3, -0.25) is 9.59 Å². The normalized spacial score (nSPS) is 16.5. The minimum Gasteiger partial charge on any atom is -0.496 e. The van der Waals surface area contributed by atoms with Gasteiger partial charge in [0, 0.05) is 36.5 Å². The Morgan fingerprint density at radius 2 is 1.95 bits per heavy atom. The lowest BCUT2D eigenvalue weighted by molar-refractivity contribution is 0.0617. The topological polar surface area (TPSA) is 136 Å². The molecule has 0 aliphatic carbocycles. The highest BCUT2D eigenvalue weighted by Crippen LogP contribution is 2.33. The Balaban J connectivity index is 1.17. The number of carbonyl (C=O) groups is 1. The number of hydrogen-bond acceptors (Lipinski definition) is 8. The van der Waals surface area contributed by atoms with Crippen molar-refractivity contribution in [3.05, 3.63) is 69.1 Å². The number of aliphatic hydroxyl groups excluding tert-OH is 1. The van der Waals surface area contributed by atoms with Crippen LogP contribution in [0.4, 0.5) is 5.69 Å². The molecular weight excluding hydrogens is 548 g/mol. The van der Waals surface area contributed by atoms with E-state index < -0.39 is 6.10 Å². The molecule has 0 radical (unpaired) electrons. The van der Waals surface area contributed by atoms with Crippen LogP contribution in [0.2, 0.25) is 0 Å². The maximum absolute atomic E-state index is 13.3. The van der Waals surface area contributed by atoms with Gasteiger partial charge in [0.1, 0.15) is 35.6 Å². The van der Waals surface area contributed by atoms with Crippen LogP contribution >= 0.6 is 0 Å². The number of rotatable bonds is 9. The van der Waals surface area contributed by atoms with Gasteiger partial charge in [-0.2, -0.15) is 0 Å². The van der Waals surface area contributed by atoms with Crippen LogP contribution in [0.15, 0.2) is 41.3 Å². The molecule has 4 N–H and O–H groups in total. The molecule has 1 fully saturated rings. The van der Waals surface area contributed by atoms with Crippen molar-refractivity contribution in [1.29, 1.82) is 0 Å². The van der Waals surface area contributed by atoms with Crippen LogP contribution in [0.1, 0.15) is 39.9 Å². The number of imidazole rings is 1. The lowest BCUT2D eigenvalue weighted by Crippen LogP contribution is -2.43. The number of benzene rings is 2. The van der Waals surface area contributed by atoms with Gasteiger partial charge in [-0.1, -0.05) is 6.07 Å². The number of aromatic amines is 2. The van der Waals surface area contributed by atoms with Gasteiger partial charge in [-0.25, -0.2) is 4.98 Å². The summed E-state index contributed by atoms with van der Waals surface area (Å²) in [5.74, 6) is 1.83. The molecule has 4 aromatic rings. The van der Waals surface area contributed by atoms with Crippen LogP contribution in [-0.2, 0) is 6.54 Å². The largest absolute Gasteiger partial charge is 0.496 e. The first-order valence-electron chi connectivity index (χ1n) is 14.7. The maximum atomic E-state index is 13.3. The second-order valence-corrected chi connectivity index (χ2v) is 11.6. The minimum absolute atomic E-state index is 0.0476. The first kappa shape index (κ1) is 28.8. The molecule has 2 aliphatic rings. The average Bonchev–Trinajstić information content (AvgIpc) is 3.54. The summed E-state index contributed by atoms with van der Waals surface area (Å²) in [5.41, 5.74) is 5.43. The van der Waals surface area contributed by atoms with Gasteiger partial charge in [-0.15, -0.1) is 0 Å². The molecule has 2 aliphatic heterocycles.